The Hall–Kier alpha value is -1.79. The summed E-state index contributed by atoms with van der Waals surface area (Å²) in [6.45, 7) is 2.57. The van der Waals surface area contributed by atoms with Crippen LogP contribution in [0.25, 0.3) is 6.08 Å². The Morgan fingerprint density at radius 1 is 1.50 bits per heavy atom. The fraction of sp³-hybridized carbons (Fsp3) is 0.133. The van der Waals surface area contributed by atoms with E-state index in [0.29, 0.717) is 12.1 Å². The SMILES string of the molecule is C#Cc1cc(Br)c(C)c(/C=C2\C=CCNC2=O)c1. The molecule has 0 saturated heterocycles. The van der Waals surface area contributed by atoms with E-state index < -0.39 is 0 Å². The molecule has 2 rings (SSSR count). The van der Waals surface area contributed by atoms with E-state index >= 15 is 0 Å². The van der Waals surface area contributed by atoms with Gasteiger partial charge in [-0.15, -0.1) is 6.42 Å². The van der Waals surface area contributed by atoms with Crippen LogP contribution in [-0.2, 0) is 4.79 Å². The van der Waals surface area contributed by atoms with Gasteiger partial charge in [-0.25, -0.2) is 0 Å². The van der Waals surface area contributed by atoms with Crippen molar-refractivity contribution in [2.24, 2.45) is 0 Å². The van der Waals surface area contributed by atoms with Crippen LogP contribution in [-0.4, -0.2) is 12.5 Å². The number of halogens is 1. The number of carbonyl (C=O) groups is 1. The van der Waals surface area contributed by atoms with Gasteiger partial charge in [0, 0.05) is 22.2 Å². The highest BCUT2D eigenvalue weighted by Crippen LogP contribution is 2.24. The molecular weight excluding hydrogens is 290 g/mol. The lowest BCUT2D eigenvalue weighted by Crippen LogP contribution is -2.27. The van der Waals surface area contributed by atoms with Crippen molar-refractivity contribution in [3.8, 4) is 12.3 Å². The van der Waals surface area contributed by atoms with Crippen LogP contribution < -0.4 is 5.32 Å². The van der Waals surface area contributed by atoms with Gasteiger partial charge in [-0.1, -0.05) is 34.0 Å². The molecule has 0 fully saturated rings. The van der Waals surface area contributed by atoms with Crippen molar-refractivity contribution >= 4 is 27.9 Å². The third-order valence-corrected chi connectivity index (χ3v) is 3.63. The molecule has 1 amide bonds. The maximum Gasteiger partial charge on any atom is 0.251 e. The smallest absolute Gasteiger partial charge is 0.251 e. The Bertz CT molecular complexity index is 606. The van der Waals surface area contributed by atoms with Crippen molar-refractivity contribution in [2.75, 3.05) is 6.54 Å². The molecule has 3 heteroatoms. The second-order valence-electron chi connectivity index (χ2n) is 4.03. The number of nitrogens with one attached hydrogen (secondary N) is 1. The molecule has 1 N–H and O–H groups in total. The Kier molecular flexibility index (Phi) is 3.69. The normalized spacial score (nSPS) is 16.5. The monoisotopic (exact) mass is 301 g/mol. The maximum atomic E-state index is 11.7. The lowest BCUT2D eigenvalue weighted by Gasteiger charge is -2.10. The van der Waals surface area contributed by atoms with E-state index in [1.54, 1.807) is 0 Å². The minimum Gasteiger partial charge on any atom is -0.349 e. The van der Waals surface area contributed by atoms with Crippen LogP contribution in [0.3, 0.4) is 0 Å². The largest absolute Gasteiger partial charge is 0.349 e. The molecule has 0 aromatic heterocycles. The first-order valence-electron chi connectivity index (χ1n) is 5.55. The van der Waals surface area contributed by atoms with Crippen LogP contribution in [0.5, 0.6) is 0 Å². The van der Waals surface area contributed by atoms with E-state index in [2.05, 4.69) is 27.2 Å². The van der Waals surface area contributed by atoms with Gasteiger partial charge >= 0.3 is 0 Å². The van der Waals surface area contributed by atoms with Crippen molar-refractivity contribution < 1.29 is 4.79 Å². The quantitative estimate of drug-likeness (QED) is 0.627. The fourth-order valence-electron chi connectivity index (χ4n) is 1.73. The van der Waals surface area contributed by atoms with Crippen molar-refractivity contribution in [2.45, 2.75) is 6.92 Å². The van der Waals surface area contributed by atoms with Crippen molar-refractivity contribution in [3.05, 3.63) is 51.0 Å². The van der Waals surface area contributed by atoms with Crippen LogP contribution in [0.15, 0.2) is 34.3 Å². The average Bonchev–Trinajstić information content (AvgIpc) is 2.37. The summed E-state index contributed by atoms with van der Waals surface area (Å²) in [6, 6.07) is 3.80. The van der Waals surface area contributed by atoms with Crippen molar-refractivity contribution in [1.82, 2.24) is 5.32 Å². The minimum absolute atomic E-state index is 0.0564. The fourth-order valence-corrected chi connectivity index (χ4v) is 2.21. The Balaban J connectivity index is 2.52. The predicted molar refractivity (Wildman–Crippen MR) is 76.9 cm³/mol. The van der Waals surface area contributed by atoms with Crippen molar-refractivity contribution in [1.29, 1.82) is 0 Å². The van der Waals surface area contributed by atoms with Gasteiger partial charge < -0.3 is 5.32 Å². The average molecular weight is 302 g/mol. The van der Waals surface area contributed by atoms with E-state index in [9.17, 15) is 4.79 Å². The van der Waals surface area contributed by atoms with E-state index in [1.165, 1.54) is 0 Å². The summed E-state index contributed by atoms with van der Waals surface area (Å²) in [4.78, 5) is 11.7. The van der Waals surface area contributed by atoms with Gasteiger partial charge in [0.25, 0.3) is 5.91 Å². The van der Waals surface area contributed by atoms with Crippen molar-refractivity contribution in [3.63, 3.8) is 0 Å². The molecule has 1 aliphatic heterocycles. The third-order valence-electron chi connectivity index (χ3n) is 2.80. The number of terminal acetylenes is 1. The Morgan fingerprint density at radius 3 is 2.94 bits per heavy atom. The molecule has 1 aromatic rings. The van der Waals surface area contributed by atoms with Gasteiger partial charge in [0.2, 0.25) is 0 Å². The van der Waals surface area contributed by atoms with Gasteiger partial charge in [-0.3, -0.25) is 4.79 Å². The molecule has 0 radical (unpaired) electrons. The molecule has 0 atom stereocenters. The summed E-state index contributed by atoms with van der Waals surface area (Å²) in [5.41, 5.74) is 3.45. The second-order valence-corrected chi connectivity index (χ2v) is 4.88. The van der Waals surface area contributed by atoms with Crippen LogP contribution in [0.1, 0.15) is 16.7 Å². The number of amides is 1. The summed E-state index contributed by atoms with van der Waals surface area (Å²) in [5, 5.41) is 2.77. The van der Waals surface area contributed by atoms with Crippen LogP contribution in [0.2, 0.25) is 0 Å². The number of carbonyl (C=O) groups excluding carboxylic acids is 1. The van der Waals surface area contributed by atoms with E-state index in [0.717, 1.165) is 21.2 Å². The molecule has 90 valence electrons. The molecule has 0 saturated carbocycles. The van der Waals surface area contributed by atoms with E-state index in [4.69, 9.17) is 6.42 Å². The first-order valence-corrected chi connectivity index (χ1v) is 6.34. The van der Waals surface area contributed by atoms with Crippen LogP contribution in [0, 0.1) is 19.3 Å². The lowest BCUT2D eigenvalue weighted by atomic mass is 10.0. The first kappa shape index (κ1) is 12.7. The standard InChI is InChI=1S/C15H12BrNO/c1-3-11-7-13(10(2)14(16)8-11)9-12-5-4-6-17-15(12)18/h1,4-5,7-9H,6H2,2H3,(H,17,18)/b12-9+. The molecule has 0 spiro atoms. The zero-order valence-electron chi connectivity index (χ0n) is 9.96. The minimum atomic E-state index is -0.0564. The molecule has 18 heavy (non-hydrogen) atoms. The summed E-state index contributed by atoms with van der Waals surface area (Å²) >= 11 is 3.47. The highest BCUT2D eigenvalue weighted by atomic mass is 79.9. The lowest BCUT2D eigenvalue weighted by molar-refractivity contribution is -0.117. The summed E-state index contributed by atoms with van der Waals surface area (Å²) < 4.78 is 0.949. The summed E-state index contributed by atoms with van der Waals surface area (Å²) in [5.74, 6) is 2.55. The number of rotatable bonds is 1. The molecule has 0 unspecified atom stereocenters. The number of hydrogen-bond acceptors (Lipinski definition) is 1. The Labute approximate surface area is 115 Å². The molecule has 2 nitrogen and oxygen atoms in total. The zero-order chi connectivity index (χ0) is 13.1. The second kappa shape index (κ2) is 5.24. The Morgan fingerprint density at radius 2 is 2.28 bits per heavy atom. The molecule has 0 aliphatic carbocycles. The van der Waals surface area contributed by atoms with Gasteiger partial charge in [-0.05, 0) is 36.3 Å². The summed E-state index contributed by atoms with van der Waals surface area (Å²) in [6.07, 6.45) is 11.0. The first-order chi connectivity index (χ1) is 8.61. The topological polar surface area (TPSA) is 29.1 Å². The van der Waals surface area contributed by atoms with Crippen LogP contribution in [0.4, 0.5) is 0 Å². The molecule has 1 aromatic carbocycles. The molecule has 1 aliphatic rings. The van der Waals surface area contributed by atoms with Gasteiger partial charge in [-0.2, -0.15) is 0 Å². The van der Waals surface area contributed by atoms with E-state index in [1.807, 2.05) is 37.3 Å². The highest BCUT2D eigenvalue weighted by Gasteiger charge is 2.10. The van der Waals surface area contributed by atoms with Gasteiger partial charge in [0.05, 0.1) is 0 Å². The van der Waals surface area contributed by atoms with Gasteiger partial charge in [0.1, 0.15) is 0 Å². The molecular formula is C15H12BrNO. The number of benzene rings is 1. The zero-order valence-corrected chi connectivity index (χ0v) is 11.5. The third kappa shape index (κ3) is 2.55. The maximum absolute atomic E-state index is 11.7. The molecule has 1 heterocycles. The van der Waals surface area contributed by atoms with Crippen LogP contribution >= 0.6 is 15.9 Å². The van der Waals surface area contributed by atoms with E-state index in [-0.39, 0.29) is 5.91 Å². The van der Waals surface area contributed by atoms with Gasteiger partial charge in [0.15, 0.2) is 0 Å². The summed E-state index contributed by atoms with van der Waals surface area (Å²) in [7, 11) is 0. The predicted octanol–water partition coefficient (Wildman–Crippen LogP) is 2.81. The number of hydrogen-bond donors (Lipinski definition) is 1. The molecule has 0 bridgehead atoms. The highest BCUT2D eigenvalue weighted by molar-refractivity contribution is 9.10.